The highest BCUT2D eigenvalue weighted by atomic mass is 19.4. The second-order valence-electron chi connectivity index (χ2n) is 7.57. The highest BCUT2D eigenvalue weighted by Gasteiger charge is 2.37. The second-order valence-corrected chi connectivity index (χ2v) is 7.57. The van der Waals surface area contributed by atoms with Crippen LogP contribution in [-0.4, -0.2) is 11.7 Å². The highest BCUT2D eigenvalue weighted by molar-refractivity contribution is 5.42. The molecule has 1 aliphatic rings. The van der Waals surface area contributed by atoms with Gasteiger partial charge in [0.2, 0.25) is 0 Å². The van der Waals surface area contributed by atoms with Crippen molar-refractivity contribution in [2.24, 2.45) is 0 Å². The van der Waals surface area contributed by atoms with E-state index >= 15 is 4.39 Å². The highest BCUT2D eigenvalue weighted by Crippen LogP contribution is 2.41. The Morgan fingerprint density at radius 3 is 2.16 bits per heavy atom. The summed E-state index contributed by atoms with van der Waals surface area (Å²) in [4.78, 5) is 0. The molecule has 1 fully saturated rings. The number of hydrogen-bond acceptors (Lipinski definition) is 3. The third-order valence-corrected chi connectivity index (χ3v) is 5.28. The van der Waals surface area contributed by atoms with E-state index in [0.717, 1.165) is 12.8 Å². The first-order valence-electron chi connectivity index (χ1n) is 9.91. The van der Waals surface area contributed by atoms with Crippen LogP contribution < -0.4 is 4.74 Å². The molecule has 32 heavy (non-hydrogen) atoms. The van der Waals surface area contributed by atoms with Crippen LogP contribution in [0.3, 0.4) is 0 Å². The minimum atomic E-state index is -5.01. The molecule has 3 rings (SSSR count). The molecule has 0 radical (unpaired) electrons. The van der Waals surface area contributed by atoms with Crippen LogP contribution in [-0.2, 0) is 23.7 Å². The maximum atomic E-state index is 15.0. The monoisotopic (exact) mass is 466 g/mol. The van der Waals surface area contributed by atoms with Crippen LogP contribution in [0.5, 0.6) is 5.75 Å². The molecular formula is C22H21F7O3. The van der Waals surface area contributed by atoms with Gasteiger partial charge in [0, 0.05) is 17.7 Å². The molecule has 0 aliphatic carbocycles. The number of ether oxygens (including phenoxy) is 2. The molecule has 10 heteroatoms. The van der Waals surface area contributed by atoms with E-state index in [2.05, 4.69) is 0 Å². The third kappa shape index (κ3) is 5.35. The molecule has 1 N–H and O–H groups in total. The molecule has 0 saturated carbocycles. The average molecular weight is 466 g/mol. The zero-order valence-corrected chi connectivity index (χ0v) is 17.0. The van der Waals surface area contributed by atoms with Crippen molar-refractivity contribution < 1.29 is 45.3 Å². The number of hydrogen-bond donors (Lipinski definition) is 1. The summed E-state index contributed by atoms with van der Waals surface area (Å²) in [5, 5.41) is 9.37. The van der Waals surface area contributed by atoms with Gasteiger partial charge >= 0.3 is 12.4 Å². The lowest BCUT2D eigenvalue weighted by molar-refractivity contribution is -0.143. The van der Waals surface area contributed by atoms with Crippen molar-refractivity contribution in [2.75, 3.05) is 6.61 Å². The number of halogens is 7. The second kappa shape index (κ2) is 9.27. The first kappa shape index (κ1) is 24.3. The van der Waals surface area contributed by atoms with Gasteiger partial charge in [-0.15, -0.1) is 0 Å². The van der Waals surface area contributed by atoms with Crippen molar-refractivity contribution in [1.29, 1.82) is 0 Å². The van der Waals surface area contributed by atoms with E-state index in [1.54, 1.807) is 0 Å². The molecular weight excluding hydrogens is 445 g/mol. The normalized spacial score (nSPS) is 18.5. The van der Waals surface area contributed by atoms with Gasteiger partial charge in [-0.1, -0.05) is 12.1 Å². The SMILES string of the molecule is CC(Oc1c(C2CCCCO2)ccc(CO)c1F)c1cc(C(F)(F)F)cc(C(F)(F)F)c1. The Labute approximate surface area is 179 Å². The Balaban J connectivity index is 2.03. The average Bonchev–Trinajstić information content (AvgIpc) is 2.74. The molecule has 176 valence electrons. The molecule has 0 aromatic heterocycles. The Kier molecular flexibility index (Phi) is 7.04. The molecule has 0 spiro atoms. The van der Waals surface area contributed by atoms with Gasteiger partial charge in [0.05, 0.1) is 23.8 Å². The summed E-state index contributed by atoms with van der Waals surface area (Å²) in [7, 11) is 0. The van der Waals surface area contributed by atoms with E-state index in [1.807, 2.05) is 0 Å². The van der Waals surface area contributed by atoms with Gasteiger partial charge in [-0.05, 0) is 49.9 Å². The van der Waals surface area contributed by atoms with Crippen LogP contribution in [0.15, 0.2) is 30.3 Å². The van der Waals surface area contributed by atoms with Crippen molar-refractivity contribution in [3.63, 3.8) is 0 Å². The molecule has 0 bridgehead atoms. The van der Waals surface area contributed by atoms with Gasteiger partial charge in [0.25, 0.3) is 0 Å². The first-order chi connectivity index (χ1) is 14.9. The molecule has 2 atom stereocenters. The van der Waals surface area contributed by atoms with Crippen LogP contribution in [0, 0.1) is 5.82 Å². The zero-order chi connectivity index (χ0) is 23.7. The van der Waals surface area contributed by atoms with Crippen LogP contribution in [0.4, 0.5) is 30.7 Å². The molecule has 1 saturated heterocycles. The predicted octanol–water partition coefficient (Wildman–Crippen LogP) is 6.74. The smallest absolute Gasteiger partial charge is 0.416 e. The van der Waals surface area contributed by atoms with Crippen LogP contribution >= 0.6 is 0 Å². The molecule has 2 aromatic carbocycles. The van der Waals surface area contributed by atoms with Gasteiger partial charge in [-0.2, -0.15) is 26.3 Å². The van der Waals surface area contributed by atoms with Crippen LogP contribution in [0.1, 0.15) is 66.2 Å². The quantitative estimate of drug-likeness (QED) is 0.496. The fraction of sp³-hybridized carbons (Fsp3) is 0.455. The van der Waals surface area contributed by atoms with E-state index < -0.39 is 53.7 Å². The van der Waals surface area contributed by atoms with E-state index in [0.29, 0.717) is 25.2 Å². The van der Waals surface area contributed by atoms with Crippen molar-refractivity contribution in [1.82, 2.24) is 0 Å². The predicted molar refractivity (Wildman–Crippen MR) is 100 cm³/mol. The standard InChI is InChI=1S/C22H21F7O3/c1-12(14-8-15(21(24,25)26)10-16(9-14)22(27,28)29)32-20-17(18-4-2-3-7-31-18)6-5-13(11-30)19(20)23/h5-6,8-10,12,18,30H,2-4,7,11H2,1H3. The van der Waals surface area contributed by atoms with Crippen molar-refractivity contribution in [2.45, 2.75) is 57.4 Å². The summed E-state index contributed by atoms with van der Waals surface area (Å²) in [5.41, 5.74) is -3.23. The topological polar surface area (TPSA) is 38.7 Å². The Bertz CT molecular complexity index is 916. The Morgan fingerprint density at radius 1 is 1.03 bits per heavy atom. The lowest BCUT2D eigenvalue weighted by atomic mass is 9.98. The molecule has 2 aromatic rings. The number of benzene rings is 2. The zero-order valence-electron chi connectivity index (χ0n) is 17.0. The maximum Gasteiger partial charge on any atom is 0.416 e. The summed E-state index contributed by atoms with van der Waals surface area (Å²) in [6, 6.07) is 3.94. The minimum Gasteiger partial charge on any atom is -0.483 e. The maximum absolute atomic E-state index is 15.0. The van der Waals surface area contributed by atoms with Gasteiger partial charge in [-0.25, -0.2) is 4.39 Å². The van der Waals surface area contributed by atoms with Crippen LogP contribution in [0.25, 0.3) is 0 Å². The summed E-state index contributed by atoms with van der Waals surface area (Å²) < 4.78 is 105. The van der Waals surface area contributed by atoms with Gasteiger partial charge < -0.3 is 14.6 Å². The molecule has 3 nitrogen and oxygen atoms in total. The van der Waals surface area contributed by atoms with Gasteiger partial charge in [-0.3, -0.25) is 0 Å². The Morgan fingerprint density at radius 2 is 1.66 bits per heavy atom. The minimum absolute atomic E-state index is 0.0183. The van der Waals surface area contributed by atoms with Gasteiger partial charge in [0.15, 0.2) is 11.6 Å². The number of rotatable bonds is 5. The number of aliphatic hydroxyl groups is 1. The fourth-order valence-electron chi connectivity index (χ4n) is 3.55. The number of aliphatic hydroxyl groups excluding tert-OH is 1. The fourth-order valence-corrected chi connectivity index (χ4v) is 3.55. The number of alkyl halides is 6. The summed E-state index contributed by atoms with van der Waals surface area (Å²) in [5.74, 6) is -1.30. The Hall–Kier alpha value is -2.33. The van der Waals surface area contributed by atoms with Crippen molar-refractivity contribution in [3.8, 4) is 5.75 Å². The molecule has 1 heterocycles. The van der Waals surface area contributed by atoms with E-state index in [1.165, 1.54) is 19.1 Å². The summed E-state index contributed by atoms with van der Waals surface area (Å²) in [6.07, 6.45) is -9.77. The van der Waals surface area contributed by atoms with Crippen molar-refractivity contribution in [3.05, 3.63) is 64.0 Å². The first-order valence-corrected chi connectivity index (χ1v) is 9.91. The summed E-state index contributed by atoms with van der Waals surface area (Å²) in [6.45, 7) is 0.988. The molecule has 2 unspecified atom stereocenters. The van der Waals surface area contributed by atoms with Crippen molar-refractivity contribution >= 4 is 0 Å². The van der Waals surface area contributed by atoms with E-state index in [9.17, 15) is 31.4 Å². The molecule has 1 aliphatic heterocycles. The third-order valence-electron chi connectivity index (χ3n) is 5.28. The summed E-state index contributed by atoms with van der Waals surface area (Å²) >= 11 is 0. The van der Waals surface area contributed by atoms with Crippen LogP contribution in [0.2, 0.25) is 0 Å². The molecule has 0 amide bonds. The lowest BCUT2D eigenvalue weighted by Gasteiger charge is -2.27. The van der Waals surface area contributed by atoms with E-state index in [-0.39, 0.29) is 22.9 Å². The van der Waals surface area contributed by atoms with Gasteiger partial charge in [0.1, 0.15) is 6.10 Å². The largest absolute Gasteiger partial charge is 0.483 e. The van der Waals surface area contributed by atoms with E-state index in [4.69, 9.17) is 9.47 Å². The lowest BCUT2D eigenvalue weighted by Crippen LogP contribution is -2.17.